The predicted molar refractivity (Wildman–Crippen MR) is 115 cm³/mol. The van der Waals surface area contributed by atoms with Crippen LogP contribution in [0.3, 0.4) is 0 Å². The van der Waals surface area contributed by atoms with E-state index in [0.29, 0.717) is 29.3 Å². The Balaban J connectivity index is 1.72. The van der Waals surface area contributed by atoms with Crippen molar-refractivity contribution in [2.45, 2.75) is 44.6 Å². The first kappa shape index (κ1) is 21.8. The Kier molecular flexibility index (Phi) is 6.66. The number of nitrogens with zero attached hydrogens (tertiary/aromatic N) is 1. The average molecular weight is 435 g/mol. The maximum absolute atomic E-state index is 13.2. The zero-order valence-corrected chi connectivity index (χ0v) is 18.6. The molecule has 2 aromatic carbocycles. The fourth-order valence-electron chi connectivity index (χ4n) is 3.67. The molecule has 1 aliphatic heterocycles. The van der Waals surface area contributed by atoms with E-state index in [0.717, 1.165) is 16.7 Å². The number of carbonyl (C=O) groups excluding carboxylic acids is 1. The highest BCUT2D eigenvalue weighted by atomic mass is 35.5. The van der Waals surface area contributed by atoms with Gasteiger partial charge in [-0.1, -0.05) is 35.9 Å². The Labute approximate surface area is 178 Å². The Bertz CT molecular complexity index is 990. The van der Waals surface area contributed by atoms with Gasteiger partial charge in [0, 0.05) is 18.1 Å². The number of halogens is 1. The number of hydrogen-bond acceptors (Lipinski definition) is 3. The van der Waals surface area contributed by atoms with Crippen molar-refractivity contribution in [1.82, 2.24) is 9.62 Å². The van der Waals surface area contributed by atoms with Gasteiger partial charge in [-0.05, 0) is 68.5 Å². The molecule has 1 saturated heterocycles. The number of carbonyl (C=O) groups is 1. The van der Waals surface area contributed by atoms with E-state index in [1.54, 1.807) is 25.1 Å². The van der Waals surface area contributed by atoms with E-state index in [4.69, 9.17) is 11.6 Å². The number of amides is 1. The molecule has 156 valence electrons. The number of nitrogens with one attached hydrogen (secondary N) is 1. The molecule has 0 saturated carbocycles. The number of aryl methyl sites for hydroxylation is 2. The summed E-state index contributed by atoms with van der Waals surface area (Å²) in [6.07, 6.45) is 1.34. The van der Waals surface area contributed by atoms with E-state index in [-0.39, 0.29) is 24.4 Å². The minimum atomic E-state index is -3.63. The standard InChI is InChI=1S/C22H27ClN2O3S/c1-15-6-7-16(2)21(13-15)29(27,28)25-12-4-5-19(14-25)22(26)24-17(3)18-8-10-20(23)11-9-18/h6-11,13,17,19H,4-5,12,14H2,1-3H3,(H,24,26)/t17-,19-/m0/s1. The highest BCUT2D eigenvalue weighted by Gasteiger charge is 2.34. The molecule has 0 radical (unpaired) electrons. The van der Waals surface area contributed by atoms with Crippen molar-refractivity contribution in [3.63, 3.8) is 0 Å². The maximum Gasteiger partial charge on any atom is 0.243 e. The van der Waals surface area contributed by atoms with Gasteiger partial charge in [0.15, 0.2) is 0 Å². The number of piperidine rings is 1. The average Bonchev–Trinajstić information content (AvgIpc) is 2.70. The molecule has 2 atom stereocenters. The van der Waals surface area contributed by atoms with Crippen molar-refractivity contribution in [3.05, 3.63) is 64.2 Å². The van der Waals surface area contributed by atoms with Crippen LogP contribution >= 0.6 is 11.6 Å². The fourth-order valence-corrected chi connectivity index (χ4v) is 5.62. The quantitative estimate of drug-likeness (QED) is 0.765. The summed E-state index contributed by atoms with van der Waals surface area (Å²) in [6.45, 7) is 6.23. The second-order valence-corrected chi connectivity index (χ2v) is 10.1. The molecule has 5 nitrogen and oxygen atoms in total. The van der Waals surface area contributed by atoms with Crippen molar-refractivity contribution in [2.24, 2.45) is 5.92 Å². The largest absolute Gasteiger partial charge is 0.349 e. The highest BCUT2D eigenvalue weighted by molar-refractivity contribution is 7.89. The van der Waals surface area contributed by atoms with Crippen molar-refractivity contribution in [3.8, 4) is 0 Å². The monoisotopic (exact) mass is 434 g/mol. The van der Waals surface area contributed by atoms with Crippen LogP contribution in [0.4, 0.5) is 0 Å². The molecule has 2 aromatic rings. The summed E-state index contributed by atoms with van der Waals surface area (Å²) in [5.74, 6) is -0.480. The molecule has 0 aliphatic carbocycles. The van der Waals surface area contributed by atoms with Crippen molar-refractivity contribution in [2.75, 3.05) is 13.1 Å². The molecule has 1 heterocycles. The third-order valence-corrected chi connectivity index (χ3v) is 7.70. The molecule has 3 rings (SSSR count). The van der Waals surface area contributed by atoms with Gasteiger partial charge in [0.25, 0.3) is 0 Å². The second kappa shape index (κ2) is 8.86. The minimum absolute atomic E-state index is 0.117. The number of rotatable bonds is 5. The topological polar surface area (TPSA) is 66.5 Å². The van der Waals surface area contributed by atoms with E-state index in [2.05, 4.69) is 5.32 Å². The van der Waals surface area contributed by atoms with Gasteiger partial charge in [-0.2, -0.15) is 4.31 Å². The lowest BCUT2D eigenvalue weighted by Gasteiger charge is -2.32. The zero-order valence-electron chi connectivity index (χ0n) is 17.0. The van der Waals surface area contributed by atoms with Crippen molar-refractivity contribution >= 4 is 27.5 Å². The molecule has 0 aromatic heterocycles. The third-order valence-electron chi connectivity index (χ3n) is 5.45. The smallest absolute Gasteiger partial charge is 0.243 e. The van der Waals surface area contributed by atoms with Gasteiger partial charge < -0.3 is 5.32 Å². The Morgan fingerprint density at radius 2 is 1.86 bits per heavy atom. The lowest BCUT2D eigenvalue weighted by molar-refractivity contribution is -0.126. The van der Waals surface area contributed by atoms with E-state index < -0.39 is 10.0 Å². The fraction of sp³-hybridized carbons (Fsp3) is 0.409. The van der Waals surface area contributed by atoms with E-state index in [9.17, 15) is 13.2 Å². The van der Waals surface area contributed by atoms with Gasteiger partial charge in [-0.3, -0.25) is 4.79 Å². The Morgan fingerprint density at radius 3 is 2.55 bits per heavy atom. The summed E-state index contributed by atoms with van der Waals surface area (Å²) in [6, 6.07) is 12.6. The summed E-state index contributed by atoms with van der Waals surface area (Å²) in [4.78, 5) is 13.1. The van der Waals surface area contributed by atoms with Gasteiger partial charge in [0.2, 0.25) is 15.9 Å². The van der Waals surface area contributed by atoms with Crippen LogP contribution in [0.25, 0.3) is 0 Å². The van der Waals surface area contributed by atoms with Crippen LogP contribution < -0.4 is 5.32 Å². The number of sulfonamides is 1. The van der Waals surface area contributed by atoms with Crippen LogP contribution in [-0.2, 0) is 14.8 Å². The van der Waals surface area contributed by atoms with Gasteiger partial charge >= 0.3 is 0 Å². The van der Waals surface area contributed by atoms with Crippen LogP contribution in [0.2, 0.25) is 5.02 Å². The molecule has 1 fully saturated rings. The van der Waals surface area contributed by atoms with Crippen molar-refractivity contribution < 1.29 is 13.2 Å². The highest BCUT2D eigenvalue weighted by Crippen LogP contribution is 2.27. The molecule has 29 heavy (non-hydrogen) atoms. The van der Waals surface area contributed by atoms with Crippen LogP contribution in [0, 0.1) is 19.8 Å². The molecule has 1 aliphatic rings. The van der Waals surface area contributed by atoms with Gasteiger partial charge in [0.1, 0.15) is 0 Å². The SMILES string of the molecule is Cc1ccc(C)c(S(=O)(=O)N2CCC[C@H](C(=O)N[C@@H](C)c3ccc(Cl)cc3)C2)c1. The number of hydrogen-bond donors (Lipinski definition) is 1. The number of benzene rings is 2. The summed E-state index contributed by atoms with van der Waals surface area (Å²) < 4.78 is 27.8. The first-order valence-electron chi connectivity index (χ1n) is 9.81. The van der Waals surface area contributed by atoms with Gasteiger partial charge in [-0.15, -0.1) is 0 Å². The molecule has 1 amide bonds. The molecular weight excluding hydrogens is 408 g/mol. The second-order valence-electron chi connectivity index (χ2n) is 7.75. The molecule has 7 heteroatoms. The van der Waals surface area contributed by atoms with Gasteiger partial charge in [0.05, 0.1) is 16.9 Å². The van der Waals surface area contributed by atoms with Crippen LogP contribution in [0.1, 0.15) is 42.5 Å². The maximum atomic E-state index is 13.2. The minimum Gasteiger partial charge on any atom is -0.349 e. The lowest BCUT2D eigenvalue weighted by Crippen LogP contribution is -2.45. The normalized spacial score (nSPS) is 19.0. The third kappa shape index (κ3) is 5.00. The Morgan fingerprint density at radius 1 is 1.17 bits per heavy atom. The van der Waals surface area contributed by atoms with E-state index in [1.807, 2.05) is 38.1 Å². The van der Waals surface area contributed by atoms with E-state index >= 15 is 0 Å². The predicted octanol–water partition coefficient (Wildman–Crippen LogP) is 4.23. The first-order chi connectivity index (χ1) is 13.7. The summed E-state index contributed by atoms with van der Waals surface area (Å²) >= 11 is 5.92. The first-order valence-corrected chi connectivity index (χ1v) is 11.6. The molecule has 0 bridgehead atoms. The molecule has 0 unspecified atom stereocenters. The van der Waals surface area contributed by atoms with Gasteiger partial charge in [-0.25, -0.2) is 8.42 Å². The summed E-state index contributed by atoms with van der Waals surface area (Å²) in [5, 5.41) is 3.66. The Hall–Kier alpha value is -1.89. The molecule has 0 spiro atoms. The summed E-state index contributed by atoms with van der Waals surface area (Å²) in [5.41, 5.74) is 2.58. The molecule has 1 N–H and O–H groups in total. The van der Waals surface area contributed by atoms with Crippen molar-refractivity contribution in [1.29, 1.82) is 0 Å². The van der Waals surface area contributed by atoms with Crippen LogP contribution in [-0.4, -0.2) is 31.7 Å². The van der Waals surface area contributed by atoms with Crippen LogP contribution in [0.5, 0.6) is 0 Å². The molecular formula is C22H27ClN2O3S. The zero-order chi connectivity index (χ0) is 21.2. The van der Waals surface area contributed by atoms with E-state index in [1.165, 1.54) is 4.31 Å². The van der Waals surface area contributed by atoms with Crippen LogP contribution in [0.15, 0.2) is 47.4 Å². The lowest BCUT2D eigenvalue weighted by atomic mass is 9.98. The summed E-state index contributed by atoms with van der Waals surface area (Å²) in [7, 11) is -3.63.